The van der Waals surface area contributed by atoms with Gasteiger partial charge in [0, 0.05) is 34.6 Å². The molecule has 450 valence electrons. The summed E-state index contributed by atoms with van der Waals surface area (Å²) in [5.74, 6) is -11.2. The molecule has 3 saturated heterocycles. The molecule has 30 heteroatoms. The van der Waals surface area contributed by atoms with Crippen LogP contribution < -0.4 is 14.8 Å². The van der Waals surface area contributed by atoms with Gasteiger partial charge in [-0.1, -0.05) is 71.2 Å². The largest absolute Gasteiger partial charge is 0.497 e. The number of hydrogen-bond acceptors (Lipinski definition) is 26. The van der Waals surface area contributed by atoms with E-state index in [0.717, 1.165) is 48.8 Å². The molecule has 0 radical (unpaired) electrons. The van der Waals surface area contributed by atoms with Crippen molar-refractivity contribution >= 4 is 94.4 Å². The number of nitrogens with one attached hydrogen (secondary N) is 1. The van der Waals surface area contributed by atoms with Crippen molar-refractivity contribution in [3.63, 3.8) is 0 Å². The van der Waals surface area contributed by atoms with Gasteiger partial charge in [-0.15, -0.1) is 0 Å². The predicted molar refractivity (Wildman–Crippen MR) is 276 cm³/mol. The molecule has 27 nitrogen and oxygen atoms in total. The lowest BCUT2D eigenvalue weighted by Crippen LogP contribution is -2.72. The molecule has 3 fully saturated rings. The second-order valence-corrected chi connectivity index (χ2v) is 20.3. The van der Waals surface area contributed by atoms with Crippen LogP contribution in [0.25, 0.3) is 0 Å². The van der Waals surface area contributed by atoms with E-state index >= 15 is 0 Å². The summed E-state index contributed by atoms with van der Waals surface area (Å²) >= 11 is 18.5. The Balaban J connectivity index is 1.61. The summed E-state index contributed by atoms with van der Waals surface area (Å²) in [5, 5.41) is 2.36. The second kappa shape index (κ2) is 29.2. The zero-order valence-corrected chi connectivity index (χ0v) is 47.5. The van der Waals surface area contributed by atoms with Crippen molar-refractivity contribution in [3.8, 4) is 11.5 Å². The van der Waals surface area contributed by atoms with Crippen molar-refractivity contribution in [2.75, 3.05) is 27.9 Å². The summed E-state index contributed by atoms with van der Waals surface area (Å²) < 4.78 is 90.6. The van der Waals surface area contributed by atoms with Gasteiger partial charge in [0.05, 0.1) is 32.5 Å². The Labute approximate surface area is 487 Å². The normalized spacial score (nSPS) is 27.6. The molecular weight excluding hydrogens is 1170 g/mol. The maximum Gasteiger partial charge on any atom is 0.339 e. The summed E-state index contributed by atoms with van der Waals surface area (Å²) in [6.45, 7) is 3.75. The minimum Gasteiger partial charge on any atom is -0.497 e. The molecule has 0 spiro atoms. The Morgan fingerprint density at radius 1 is 0.470 bits per heavy atom. The SMILES string of the molecule is COC(=O)[C@H]1O[C@@H](O[C@@H]2[C@@H](NC(=O)C(Cl)(Cl)Cl)[C@H](O[C@H]3[C@H](OC(=O)c4ccccc4)[C@@H](OC(=O)c4ccccc4)[C@H](Oc4ccc(OC)cc4)O[C@@H]3C(=O)OC)O[C@H](COC(C)=O)[C@@H]2OC(C)=O)[C@H](OC(C)=O)[C@@H](OC(C)=O)[C@@H]1OC(C)=O. The van der Waals surface area contributed by atoms with Crippen molar-refractivity contribution in [1.29, 1.82) is 0 Å². The van der Waals surface area contributed by atoms with Gasteiger partial charge in [0.25, 0.3) is 9.70 Å². The number of carbonyl (C=O) groups excluding carboxylic acids is 10. The Hall–Kier alpha value is -7.37. The highest BCUT2D eigenvalue weighted by Crippen LogP contribution is 2.39. The van der Waals surface area contributed by atoms with Gasteiger partial charge in [-0.3, -0.25) is 28.8 Å². The van der Waals surface area contributed by atoms with E-state index in [0.29, 0.717) is 5.75 Å². The van der Waals surface area contributed by atoms with E-state index in [1.54, 1.807) is 12.1 Å². The van der Waals surface area contributed by atoms with Crippen LogP contribution in [0.5, 0.6) is 11.5 Å². The van der Waals surface area contributed by atoms with E-state index < -0.39 is 162 Å². The van der Waals surface area contributed by atoms with Crippen molar-refractivity contribution in [3.05, 3.63) is 96.1 Å². The molecule has 83 heavy (non-hydrogen) atoms. The molecule has 3 heterocycles. The third-order valence-corrected chi connectivity index (χ3v) is 12.6. The number of hydrogen-bond donors (Lipinski definition) is 1. The van der Waals surface area contributed by atoms with Gasteiger partial charge in [-0.05, 0) is 48.5 Å². The fourth-order valence-electron chi connectivity index (χ4n) is 8.67. The first kappa shape index (κ1) is 64.8. The first-order valence-electron chi connectivity index (χ1n) is 24.8. The first-order chi connectivity index (χ1) is 39.3. The van der Waals surface area contributed by atoms with Crippen molar-refractivity contribution in [1.82, 2.24) is 5.32 Å². The average Bonchev–Trinajstić information content (AvgIpc) is 3.49. The van der Waals surface area contributed by atoms with Crippen molar-refractivity contribution in [2.45, 2.75) is 130 Å². The minimum absolute atomic E-state index is 0.0177. The standard InChI is InChI=1S/C53H56Cl3NO26/c1-24(58)71-23-33-35(72-25(2)59)36(80-51-43(75-28(5)62)39(74-27(4)61)37(73-26(3)60)41(83-51)47(65)69-7)34(57-52(67)53(54,55)56)49(77-33)81-38-40(78-45(63)29-15-11-9-12-16-29)44(79-46(64)30-17-13-10-14-18-30)50(82-42(38)48(66)70-8)76-32-21-19-31(68-6)20-22-32/h9-22,33-44,49-51H,23H2,1-8H3,(H,57,67)/t33-,34-,35+,36-,37+,38+,39+,40+,41+,42+,43-,44-,49+,50-,51-/m1/s1. The van der Waals surface area contributed by atoms with Crippen LogP contribution in [-0.4, -0.2) is 183 Å². The van der Waals surface area contributed by atoms with Crippen LogP contribution in [0.1, 0.15) is 55.3 Å². The summed E-state index contributed by atoms with van der Waals surface area (Å²) in [7, 11) is 3.26. The number of ether oxygens (including phenoxy) is 16. The van der Waals surface area contributed by atoms with Crippen LogP contribution in [0.3, 0.4) is 0 Å². The zero-order chi connectivity index (χ0) is 60.9. The number of esters is 9. The fourth-order valence-corrected chi connectivity index (χ4v) is 8.84. The number of carbonyl (C=O) groups is 10. The molecule has 0 saturated carbocycles. The molecule has 0 aromatic heterocycles. The lowest BCUT2D eigenvalue weighted by molar-refractivity contribution is -0.357. The third-order valence-electron chi connectivity index (χ3n) is 12.1. The number of halogens is 3. The fraction of sp³-hybridized carbons (Fsp3) is 0.472. The molecular formula is C53H56Cl3NO26. The zero-order valence-electron chi connectivity index (χ0n) is 45.2. The topological polar surface area (TPSA) is 330 Å². The number of amides is 1. The van der Waals surface area contributed by atoms with Crippen molar-refractivity contribution in [2.24, 2.45) is 0 Å². The summed E-state index contributed by atoms with van der Waals surface area (Å²) in [4.78, 5) is 135. The molecule has 0 aliphatic carbocycles. The Bertz CT molecular complexity index is 2800. The van der Waals surface area contributed by atoms with Crippen LogP contribution in [0.15, 0.2) is 84.9 Å². The molecule has 3 aliphatic rings. The lowest BCUT2D eigenvalue weighted by atomic mass is 9.93. The molecule has 1 N–H and O–H groups in total. The predicted octanol–water partition coefficient (Wildman–Crippen LogP) is 2.96. The molecule has 15 atom stereocenters. The highest BCUT2D eigenvalue weighted by Gasteiger charge is 2.62. The highest BCUT2D eigenvalue weighted by atomic mass is 35.6. The highest BCUT2D eigenvalue weighted by molar-refractivity contribution is 6.76. The van der Waals surface area contributed by atoms with Gasteiger partial charge in [0.1, 0.15) is 42.5 Å². The number of benzene rings is 3. The van der Waals surface area contributed by atoms with E-state index in [1.807, 2.05) is 0 Å². The number of alkyl halides is 3. The van der Waals surface area contributed by atoms with E-state index in [1.165, 1.54) is 79.9 Å². The molecule has 6 rings (SSSR count). The van der Waals surface area contributed by atoms with Gasteiger partial charge in [0.15, 0.2) is 55.3 Å². The maximum atomic E-state index is 14.4. The minimum atomic E-state index is -2.91. The molecule has 3 aromatic carbocycles. The molecule has 1 amide bonds. The van der Waals surface area contributed by atoms with Gasteiger partial charge in [0.2, 0.25) is 12.4 Å². The summed E-state index contributed by atoms with van der Waals surface area (Å²) in [6.07, 6.45) is -29.2. The van der Waals surface area contributed by atoms with Gasteiger partial charge < -0.3 is 81.1 Å². The van der Waals surface area contributed by atoms with E-state index in [2.05, 4.69) is 5.32 Å². The number of rotatable bonds is 20. The van der Waals surface area contributed by atoms with E-state index in [9.17, 15) is 47.9 Å². The molecule has 0 unspecified atom stereocenters. The monoisotopic (exact) mass is 1230 g/mol. The Morgan fingerprint density at radius 3 is 1.40 bits per heavy atom. The van der Waals surface area contributed by atoms with Crippen molar-refractivity contribution < 1.29 is 124 Å². The lowest BCUT2D eigenvalue weighted by Gasteiger charge is -2.50. The Morgan fingerprint density at radius 2 is 0.904 bits per heavy atom. The average molecular weight is 1230 g/mol. The smallest absolute Gasteiger partial charge is 0.339 e. The second-order valence-electron chi connectivity index (χ2n) is 18.0. The van der Waals surface area contributed by atoms with Gasteiger partial charge >= 0.3 is 53.7 Å². The third kappa shape index (κ3) is 17.1. The molecule has 3 aliphatic heterocycles. The molecule has 3 aromatic rings. The van der Waals surface area contributed by atoms with E-state index in [-0.39, 0.29) is 16.9 Å². The van der Waals surface area contributed by atoms with Crippen LogP contribution in [-0.2, 0) is 105 Å². The van der Waals surface area contributed by atoms with Gasteiger partial charge in [-0.25, -0.2) is 19.2 Å². The summed E-state index contributed by atoms with van der Waals surface area (Å²) in [6, 6.07) is 18.4. The Kier molecular flexibility index (Phi) is 22.8. The van der Waals surface area contributed by atoms with Crippen LogP contribution in [0.4, 0.5) is 0 Å². The quantitative estimate of drug-likeness (QED) is 0.0965. The van der Waals surface area contributed by atoms with Crippen LogP contribution >= 0.6 is 34.8 Å². The van der Waals surface area contributed by atoms with Crippen LogP contribution in [0, 0.1) is 0 Å². The van der Waals surface area contributed by atoms with Gasteiger partial charge in [-0.2, -0.15) is 0 Å². The van der Waals surface area contributed by atoms with Crippen LogP contribution in [0.2, 0.25) is 0 Å². The maximum absolute atomic E-state index is 14.4. The number of methoxy groups -OCH3 is 3. The summed E-state index contributed by atoms with van der Waals surface area (Å²) in [5.41, 5.74) is -0.148. The first-order valence-corrected chi connectivity index (χ1v) is 25.9. The van der Waals surface area contributed by atoms with E-state index in [4.69, 9.17) is 111 Å². The molecule has 0 bridgehead atoms.